The van der Waals surface area contributed by atoms with Crippen molar-refractivity contribution in [3.05, 3.63) is 35.9 Å². The maximum absolute atomic E-state index is 12.8. The minimum atomic E-state index is -0.466. The molecule has 1 heterocycles. The van der Waals surface area contributed by atoms with E-state index in [1.54, 1.807) is 11.8 Å². The zero-order valence-corrected chi connectivity index (χ0v) is 13.5. The molecule has 5 heteroatoms. The molecule has 0 spiro atoms. The number of benzene rings is 1. The molecule has 22 heavy (non-hydrogen) atoms. The summed E-state index contributed by atoms with van der Waals surface area (Å²) in [6, 6.07) is 9.03. The van der Waals surface area contributed by atoms with Gasteiger partial charge in [0.15, 0.2) is 0 Å². The smallest absolute Gasteiger partial charge is 0.245 e. The lowest BCUT2D eigenvalue weighted by Crippen LogP contribution is -2.50. The lowest BCUT2D eigenvalue weighted by molar-refractivity contribution is -0.144. The minimum Gasteiger partial charge on any atom is -0.334 e. The highest BCUT2D eigenvalue weighted by molar-refractivity contribution is 5.90. The van der Waals surface area contributed by atoms with Gasteiger partial charge in [-0.15, -0.1) is 0 Å². The van der Waals surface area contributed by atoms with Crippen LogP contribution < -0.4 is 5.73 Å². The third-order valence-corrected chi connectivity index (χ3v) is 4.21. The van der Waals surface area contributed by atoms with E-state index >= 15 is 0 Å². The van der Waals surface area contributed by atoms with Crippen LogP contribution in [0.3, 0.4) is 0 Å². The Morgan fingerprint density at radius 3 is 2.45 bits per heavy atom. The highest BCUT2D eigenvalue weighted by atomic mass is 16.2. The van der Waals surface area contributed by atoms with Gasteiger partial charge in [-0.1, -0.05) is 30.3 Å². The number of nitrogens with zero attached hydrogens (tertiary/aromatic N) is 2. The third kappa shape index (κ3) is 3.47. The zero-order valence-electron chi connectivity index (χ0n) is 13.5. The van der Waals surface area contributed by atoms with Gasteiger partial charge in [0.1, 0.15) is 6.04 Å². The molecule has 0 bridgehead atoms. The topological polar surface area (TPSA) is 66.6 Å². The van der Waals surface area contributed by atoms with Crippen LogP contribution in [-0.4, -0.2) is 46.3 Å². The standard InChI is InChI=1S/C17H25N3O2/c1-12(2)20(11-14-7-5-4-6-8-14)16(21)13(3)19-10-9-15(18)17(19)22/h4-8,12-13,15H,9-11,18H2,1-3H3/t13-,15-/m0/s1. The Hall–Kier alpha value is -1.88. The SMILES string of the molecule is CC(C)N(Cc1ccccc1)C(=O)[C@H](C)N1CC[C@H](N)C1=O. The molecule has 0 unspecified atom stereocenters. The van der Waals surface area contributed by atoms with Crippen LogP contribution in [0.1, 0.15) is 32.8 Å². The summed E-state index contributed by atoms with van der Waals surface area (Å²) in [6.45, 7) is 6.88. The molecule has 0 radical (unpaired) electrons. The molecule has 0 aromatic heterocycles. The Bertz CT molecular complexity index is 530. The fourth-order valence-corrected chi connectivity index (χ4v) is 2.78. The average Bonchev–Trinajstić information content (AvgIpc) is 2.84. The van der Waals surface area contributed by atoms with Crippen molar-refractivity contribution >= 4 is 11.8 Å². The second-order valence-electron chi connectivity index (χ2n) is 6.15. The van der Waals surface area contributed by atoms with Gasteiger partial charge in [0.25, 0.3) is 0 Å². The van der Waals surface area contributed by atoms with Crippen molar-refractivity contribution in [2.75, 3.05) is 6.54 Å². The van der Waals surface area contributed by atoms with Gasteiger partial charge in [-0.2, -0.15) is 0 Å². The van der Waals surface area contributed by atoms with Gasteiger partial charge >= 0.3 is 0 Å². The van der Waals surface area contributed by atoms with Crippen LogP contribution in [0.25, 0.3) is 0 Å². The summed E-state index contributed by atoms with van der Waals surface area (Å²) in [5, 5.41) is 0. The Balaban J connectivity index is 2.11. The molecule has 0 saturated carbocycles. The first-order valence-electron chi connectivity index (χ1n) is 7.82. The number of carbonyl (C=O) groups is 2. The van der Waals surface area contributed by atoms with Crippen molar-refractivity contribution in [1.82, 2.24) is 9.80 Å². The lowest BCUT2D eigenvalue weighted by atomic mass is 10.1. The lowest BCUT2D eigenvalue weighted by Gasteiger charge is -2.33. The number of amides is 2. The van der Waals surface area contributed by atoms with E-state index in [-0.39, 0.29) is 17.9 Å². The van der Waals surface area contributed by atoms with Crippen LogP contribution >= 0.6 is 0 Å². The minimum absolute atomic E-state index is 0.0266. The van der Waals surface area contributed by atoms with Gasteiger partial charge in [0.2, 0.25) is 11.8 Å². The van der Waals surface area contributed by atoms with Crippen LogP contribution in [0.2, 0.25) is 0 Å². The summed E-state index contributed by atoms with van der Waals surface area (Å²) in [5.41, 5.74) is 6.83. The maximum Gasteiger partial charge on any atom is 0.245 e. The third-order valence-electron chi connectivity index (χ3n) is 4.21. The van der Waals surface area contributed by atoms with Crippen LogP contribution in [-0.2, 0) is 16.1 Å². The first-order chi connectivity index (χ1) is 10.4. The van der Waals surface area contributed by atoms with Gasteiger partial charge in [0, 0.05) is 19.1 Å². The Labute approximate surface area is 132 Å². The molecule has 1 aliphatic heterocycles. The van der Waals surface area contributed by atoms with E-state index in [4.69, 9.17) is 5.73 Å². The molecule has 2 atom stereocenters. The number of likely N-dealkylation sites (tertiary alicyclic amines) is 1. The number of hydrogen-bond donors (Lipinski definition) is 1. The predicted molar refractivity (Wildman–Crippen MR) is 85.9 cm³/mol. The molecule has 2 N–H and O–H groups in total. The van der Waals surface area contributed by atoms with Crippen molar-refractivity contribution in [2.24, 2.45) is 5.73 Å². The molecular formula is C17H25N3O2. The van der Waals surface area contributed by atoms with E-state index in [0.29, 0.717) is 19.5 Å². The van der Waals surface area contributed by atoms with E-state index in [2.05, 4.69) is 0 Å². The van der Waals surface area contributed by atoms with Gasteiger partial charge in [-0.05, 0) is 32.8 Å². The fourth-order valence-electron chi connectivity index (χ4n) is 2.78. The van der Waals surface area contributed by atoms with Crippen LogP contribution in [0.4, 0.5) is 0 Å². The van der Waals surface area contributed by atoms with E-state index in [1.165, 1.54) is 0 Å². The van der Waals surface area contributed by atoms with Crippen LogP contribution in [0.5, 0.6) is 0 Å². The van der Waals surface area contributed by atoms with Gasteiger partial charge in [-0.3, -0.25) is 9.59 Å². The second kappa shape index (κ2) is 6.92. The number of carbonyl (C=O) groups excluding carboxylic acids is 2. The molecule has 1 aromatic carbocycles. The van der Waals surface area contributed by atoms with Crippen molar-refractivity contribution in [1.29, 1.82) is 0 Å². The Kier molecular flexibility index (Phi) is 5.19. The normalized spacial score (nSPS) is 19.6. The summed E-state index contributed by atoms with van der Waals surface area (Å²) in [4.78, 5) is 28.3. The quantitative estimate of drug-likeness (QED) is 0.893. The summed E-state index contributed by atoms with van der Waals surface area (Å²) < 4.78 is 0. The van der Waals surface area contributed by atoms with E-state index in [1.807, 2.05) is 49.1 Å². The molecule has 1 fully saturated rings. The predicted octanol–water partition coefficient (Wildman–Crippen LogP) is 1.37. The van der Waals surface area contributed by atoms with Crippen LogP contribution in [0, 0.1) is 0 Å². The molecule has 120 valence electrons. The summed E-state index contributed by atoms with van der Waals surface area (Å²) in [5.74, 6) is -0.148. The second-order valence-corrected chi connectivity index (χ2v) is 6.15. The molecular weight excluding hydrogens is 278 g/mol. The Morgan fingerprint density at radius 2 is 1.95 bits per heavy atom. The number of hydrogen-bond acceptors (Lipinski definition) is 3. The molecule has 2 rings (SSSR count). The summed E-state index contributed by atoms with van der Waals surface area (Å²) in [6.07, 6.45) is 0.622. The zero-order chi connectivity index (χ0) is 16.3. The number of rotatable bonds is 5. The van der Waals surface area contributed by atoms with Crippen molar-refractivity contribution in [3.63, 3.8) is 0 Å². The van der Waals surface area contributed by atoms with Gasteiger partial charge in [-0.25, -0.2) is 0 Å². The number of nitrogens with two attached hydrogens (primary N) is 1. The van der Waals surface area contributed by atoms with Gasteiger partial charge < -0.3 is 15.5 Å². The molecule has 5 nitrogen and oxygen atoms in total. The first-order valence-corrected chi connectivity index (χ1v) is 7.82. The van der Waals surface area contributed by atoms with E-state index < -0.39 is 12.1 Å². The van der Waals surface area contributed by atoms with Gasteiger partial charge in [0.05, 0.1) is 6.04 Å². The monoisotopic (exact) mass is 303 g/mol. The fraction of sp³-hybridized carbons (Fsp3) is 0.529. The highest BCUT2D eigenvalue weighted by Gasteiger charge is 2.36. The highest BCUT2D eigenvalue weighted by Crippen LogP contribution is 2.17. The average molecular weight is 303 g/mol. The van der Waals surface area contributed by atoms with E-state index in [0.717, 1.165) is 5.56 Å². The van der Waals surface area contributed by atoms with Crippen molar-refractivity contribution < 1.29 is 9.59 Å². The van der Waals surface area contributed by atoms with Crippen molar-refractivity contribution in [2.45, 2.75) is 51.9 Å². The molecule has 1 aromatic rings. The summed E-state index contributed by atoms with van der Waals surface area (Å²) >= 11 is 0. The largest absolute Gasteiger partial charge is 0.334 e. The van der Waals surface area contributed by atoms with E-state index in [9.17, 15) is 9.59 Å². The van der Waals surface area contributed by atoms with Crippen LogP contribution in [0.15, 0.2) is 30.3 Å². The summed E-state index contributed by atoms with van der Waals surface area (Å²) in [7, 11) is 0. The molecule has 1 aliphatic rings. The Morgan fingerprint density at radius 1 is 1.32 bits per heavy atom. The maximum atomic E-state index is 12.8. The van der Waals surface area contributed by atoms with Crippen molar-refractivity contribution in [3.8, 4) is 0 Å². The molecule has 0 aliphatic carbocycles. The molecule has 1 saturated heterocycles. The first kappa shape index (κ1) is 16.5. The molecule has 2 amide bonds.